The fourth-order valence-corrected chi connectivity index (χ4v) is 2.66. The Morgan fingerprint density at radius 1 is 1.44 bits per heavy atom. The van der Waals surface area contributed by atoms with Gasteiger partial charge in [-0.05, 0) is 45.8 Å². The Morgan fingerprint density at radius 2 is 2.17 bits per heavy atom. The molecule has 4 heteroatoms. The number of amides is 1. The molecule has 0 aromatic rings. The van der Waals surface area contributed by atoms with Crippen molar-refractivity contribution in [2.24, 2.45) is 11.7 Å². The van der Waals surface area contributed by atoms with Gasteiger partial charge in [0.05, 0.1) is 0 Å². The van der Waals surface area contributed by atoms with Crippen molar-refractivity contribution in [1.82, 2.24) is 9.80 Å². The van der Waals surface area contributed by atoms with E-state index in [-0.39, 0.29) is 0 Å². The minimum absolute atomic E-state index is 0.329. The van der Waals surface area contributed by atoms with E-state index < -0.39 is 0 Å². The van der Waals surface area contributed by atoms with E-state index in [1.807, 2.05) is 4.90 Å². The summed E-state index contributed by atoms with van der Waals surface area (Å²) in [5.41, 5.74) is 5.58. The van der Waals surface area contributed by atoms with Crippen molar-refractivity contribution in [1.29, 1.82) is 0 Å². The zero-order valence-electron chi connectivity index (χ0n) is 12.2. The van der Waals surface area contributed by atoms with E-state index in [2.05, 4.69) is 25.9 Å². The molecule has 1 fully saturated rings. The summed E-state index contributed by atoms with van der Waals surface area (Å²) >= 11 is 0. The largest absolute Gasteiger partial charge is 0.341 e. The standard InChI is InChI=1S/C14H29N3O/c1-4-12(7-9-15)5-6-14(18)17-10-8-13(11-17)16(2)3/h12-13H,4-11,15H2,1-3H3. The molecule has 0 bridgehead atoms. The molecule has 1 aliphatic heterocycles. The summed E-state index contributed by atoms with van der Waals surface area (Å²) in [7, 11) is 4.18. The molecule has 0 aliphatic carbocycles. The molecule has 2 unspecified atom stereocenters. The number of nitrogens with two attached hydrogens (primary N) is 1. The van der Waals surface area contributed by atoms with Gasteiger partial charge in [0.25, 0.3) is 0 Å². The summed E-state index contributed by atoms with van der Waals surface area (Å²) in [4.78, 5) is 16.4. The number of rotatable bonds is 7. The van der Waals surface area contributed by atoms with Crippen LogP contribution in [0.5, 0.6) is 0 Å². The molecule has 4 nitrogen and oxygen atoms in total. The highest BCUT2D eigenvalue weighted by Gasteiger charge is 2.27. The second kappa shape index (κ2) is 7.74. The minimum Gasteiger partial charge on any atom is -0.341 e. The van der Waals surface area contributed by atoms with Crippen molar-refractivity contribution in [3.8, 4) is 0 Å². The van der Waals surface area contributed by atoms with Crippen LogP contribution >= 0.6 is 0 Å². The van der Waals surface area contributed by atoms with Gasteiger partial charge in [-0.1, -0.05) is 13.3 Å². The summed E-state index contributed by atoms with van der Waals surface area (Å²) in [5, 5.41) is 0. The number of carbonyl (C=O) groups is 1. The van der Waals surface area contributed by atoms with Gasteiger partial charge >= 0.3 is 0 Å². The molecule has 0 spiro atoms. The third-order valence-corrected chi connectivity index (χ3v) is 4.17. The van der Waals surface area contributed by atoms with Crippen LogP contribution in [0.3, 0.4) is 0 Å². The molecule has 1 aliphatic rings. The van der Waals surface area contributed by atoms with E-state index in [9.17, 15) is 4.79 Å². The number of likely N-dealkylation sites (tertiary alicyclic amines) is 1. The van der Waals surface area contributed by atoms with Gasteiger partial charge in [-0.3, -0.25) is 4.79 Å². The molecule has 1 heterocycles. The lowest BCUT2D eigenvalue weighted by Crippen LogP contribution is -2.34. The van der Waals surface area contributed by atoms with E-state index in [0.29, 0.717) is 24.3 Å². The Labute approximate surface area is 111 Å². The van der Waals surface area contributed by atoms with Gasteiger partial charge in [-0.15, -0.1) is 0 Å². The van der Waals surface area contributed by atoms with E-state index in [1.54, 1.807) is 0 Å². The lowest BCUT2D eigenvalue weighted by molar-refractivity contribution is -0.130. The van der Waals surface area contributed by atoms with E-state index in [4.69, 9.17) is 5.73 Å². The molecule has 18 heavy (non-hydrogen) atoms. The molecule has 1 amide bonds. The molecule has 2 atom stereocenters. The number of nitrogens with zero attached hydrogens (tertiary/aromatic N) is 2. The predicted molar refractivity (Wildman–Crippen MR) is 75.4 cm³/mol. The molecule has 0 saturated carbocycles. The van der Waals surface area contributed by atoms with Gasteiger partial charge in [0.1, 0.15) is 0 Å². The number of carbonyl (C=O) groups excluding carboxylic acids is 1. The van der Waals surface area contributed by atoms with E-state index in [1.165, 1.54) is 0 Å². The topological polar surface area (TPSA) is 49.6 Å². The first-order valence-corrected chi connectivity index (χ1v) is 7.22. The normalized spacial score (nSPS) is 21.6. The average molecular weight is 255 g/mol. The highest BCUT2D eigenvalue weighted by molar-refractivity contribution is 5.76. The zero-order chi connectivity index (χ0) is 13.5. The highest BCUT2D eigenvalue weighted by Crippen LogP contribution is 2.18. The molecule has 0 aromatic heterocycles. The van der Waals surface area contributed by atoms with Gasteiger partial charge in [-0.2, -0.15) is 0 Å². The first-order valence-electron chi connectivity index (χ1n) is 7.22. The smallest absolute Gasteiger partial charge is 0.222 e. The molecule has 0 aromatic carbocycles. The third kappa shape index (κ3) is 4.58. The summed E-state index contributed by atoms with van der Waals surface area (Å²) in [6.07, 6.45) is 4.97. The van der Waals surface area contributed by atoms with Crippen molar-refractivity contribution in [2.45, 2.75) is 45.1 Å². The quantitative estimate of drug-likeness (QED) is 0.746. The van der Waals surface area contributed by atoms with Crippen molar-refractivity contribution in [3.63, 3.8) is 0 Å². The molecule has 1 saturated heterocycles. The van der Waals surface area contributed by atoms with E-state index >= 15 is 0 Å². The predicted octanol–water partition coefficient (Wildman–Crippen LogP) is 1.30. The van der Waals surface area contributed by atoms with Crippen LogP contribution in [0, 0.1) is 5.92 Å². The lowest BCUT2D eigenvalue weighted by atomic mass is 9.96. The fraction of sp³-hybridized carbons (Fsp3) is 0.929. The van der Waals surface area contributed by atoms with Crippen LogP contribution in [0.1, 0.15) is 39.0 Å². The van der Waals surface area contributed by atoms with Gasteiger partial charge in [0.15, 0.2) is 0 Å². The fourth-order valence-electron chi connectivity index (χ4n) is 2.66. The lowest BCUT2D eigenvalue weighted by Gasteiger charge is -2.21. The van der Waals surface area contributed by atoms with Crippen LogP contribution < -0.4 is 5.73 Å². The van der Waals surface area contributed by atoms with Gasteiger partial charge in [-0.25, -0.2) is 0 Å². The van der Waals surface area contributed by atoms with Crippen LogP contribution in [0.25, 0.3) is 0 Å². The molecular weight excluding hydrogens is 226 g/mol. The minimum atomic E-state index is 0.329. The second-order valence-corrected chi connectivity index (χ2v) is 5.64. The monoisotopic (exact) mass is 255 g/mol. The maximum Gasteiger partial charge on any atom is 0.222 e. The van der Waals surface area contributed by atoms with Crippen molar-refractivity contribution in [2.75, 3.05) is 33.7 Å². The molecule has 0 radical (unpaired) electrons. The second-order valence-electron chi connectivity index (χ2n) is 5.64. The zero-order valence-corrected chi connectivity index (χ0v) is 12.2. The molecule has 1 rings (SSSR count). The van der Waals surface area contributed by atoms with Crippen LogP contribution in [-0.4, -0.2) is 55.5 Å². The number of likely N-dealkylation sites (N-methyl/N-ethyl adjacent to an activating group) is 1. The van der Waals surface area contributed by atoms with Crippen molar-refractivity contribution in [3.05, 3.63) is 0 Å². The first-order chi connectivity index (χ1) is 8.58. The highest BCUT2D eigenvalue weighted by atomic mass is 16.2. The summed E-state index contributed by atoms with van der Waals surface area (Å²) < 4.78 is 0. The number of hydrogen-bond donors (Lipinski definition) is 1. The summed E-state index contributed by atoms with van der Waals surface area (Å²) in [6, 6.07) is 0.542. The Hall–Kier alpha value is -0.610. The Morgan fingerprint density at radius 3 is 2.67 bits per heavy atom. The maximum atomic E-state index is 12.1. The van der Waals surface area contributed by atoms with Gasteiger partial charge in [0.2, 0.25) is 5.91 Å². The van der Waals surface area contributed by atoms with Crippen LogP contribution in [-0.2, 0) is 4.79 Å². The Balaban J connectivity index is 2.29. The summed E-state index contributed by atoms with van der Waals surface area (Å²) in [6.45, 7) is 4.75. The molecule has 2 N–H and O–H groups in total. The maximum absolute atomic E-state index is 12.1. The van der Waals surface area contributed by atoms with Gasteiger partial charge in [0, 0.05) is 25.6 Å². The average Bonchev–Trinajstić information content (AvgIpc) is 2.83. The van der Waals surface area contributed by atoms with Crippen molar-refractivity contribution < 1.29 is 4.79 Å². The van der Waals surface area contributed by atoms with Crippen LogP contribution in [0.2, 0.25) is 0 Å². The molecular formula is C14H29N3O. The van der Waals surface area contributed by atoms with Gasteiger partial charge < -0.3 is 15.5 Å². The first kappa shape index (κ1) is 15.4. The number of hydrogen-bond acceptors (Lipinski definition) is 3. The van der Waals surface area contributed by atoms with Crippen LogP contribution in [0.4, 0.5) is 0 Å². The third-order valence-electron chi connectivity index (χ3n) is 4.17. The Kier molecular flexibility index (Phi) is 6.65. The van der Waals surface area contributed by atoms with Crippen molar-refractivity contribution >= 4 is 5.91 Å². The Bertz CT molecular complexity index is 255. The van der Waals surface area contributed by atoms with E-state index in [0.717, 1.165) is 45.3 Å². The van der Waals surface area contributed by atoms with Crippen LogP contribution in [0.15, 0.2) is 0 Å². The molecule has 106 valence electrons. The SMILES string of the molecule is CCC(CCN)CCC(=O)N1CCC(N(C)C)C1. The summed E-state index contributed by atoms with van der Waals surface area (Å²) in [5.74, 6) is 0.945.